The van der Waals surface area contributed by atoms with E-state index in [9.17, 15) is 8.42 Å². The monoisotopic (exact) mass is 317 g/mol. The quantitative estimate of drug-likeness (QED) is 0.794. The van der Waals surface area contributed by atoms with Crippen molar-refractivity contribution in [3.8, 4) is 0 Å². The molecule has 2 heterocycles. The van der Waals surface area contributed by atoms with Crippen LogP contribution in [-0.4, -0.2) is 46.0 Å². The fraction of sp³-hybridized carbons (Fsp3) is 0.692. The predicted molar refractivity (Wildman–Crippen MR) is 82.5 cm³/mol. The van der Waals surface area contributed by atoms with E-state index in [2.05, 4.69) is 21.9 Å². The molecule has 0 radical (unpaired) electrons. The van der Waals surface area contributed by atoms with Crippen LogP contribution in [0.1, 0.15) is 24.6 Å². The van der Waals surface area contributed by atoms with Gasteiger partial charge in [-0.2, -0.15) is 0 Å². The van der Waals surface area contributed by atoms with Gasteiger partial charge in [-0.05, 0) is 52.0 Å². The second kappa shape index (κ2) is 7.00. The molecule has 1 unspecified atom stereocenters. The number of sulfonamides is 1. The van der Waals surface area contributed by atoms with Crippen molar-refractivity contribution in [2.24, 2.45) is 0 Å². The lowest BCUT2D eigenvalue weighted by Crippen LogP contribution is -2.40. The molecule has 0 aliphatic carbocycles. The van der Waals surface area contributed by atoms with E-state index < -0.39 is 10.0 Å². The largest absolute Gasteiger partial charge is 0.315 e. The lowest BCUT2D eigenvalue weighted by atomic mass is 10.3. The molecule has 0 saturated carbocycles. The fourth-order valence-electron chi connectivity index (χ4n) is 2.38. The first-order valence-corrected chi connectivity index (χ1v) is 9.30. The van der Waals surface area contributed by atoms with Gasteiger partial charge >= 0.3 is 0 Å². The number of nitrogens with zero attached hydrogens (tertiary/aromatic N) is 1. The van der Waals surface area contributed by atoms with Gasteiger partial charge in [0.25, 0.3) is 0 Å². The molecule has 0 spiro atoms. The minimum absolute atomic E-state index is 0.254. The van der Waals surface area contributed by atoms with Gasteiger partial charge in [0, 0.05) is 24.0 Å². The molecule has 114 valence electrons. The summed E-state index contributed by atoms with van der Waals surface area (Å²) in [5.41, 5.74) is 0. The van der Waals surface area contributed by atoms with Crippen molar-refractivity contribution in [2.75, 3.05) is 26.7 Å². The third-order valence-electron chi connectivity index (χ3n) is 3.59. The van der Waals surface area contributed by atoms with Gasteiger partial charge in [-0.3, -0.25) is 4.90 Å². The van der Waals surface area contributed by atoms with Crippen LogP contribution < -0.4 is 10.0 Å². The second-order valence-electron chi connectivity index (χ2n) is 5.20. The van der Waals surface area contributed by atoms with Crippen molar-refractivity contribution >= 4 is 21.4 Å². The summed E-state index contributed by atoms with van der Waals surface area (Å²) in [6.45, 7) is 5.41. The molecule has 2 rings (SSSR count). The molecule has 1 aromatic heterocycles. The maximum atomic E-state index is 12.2. The third-order valence-corrected chi connectivity index (χ3v) is 6.59. The summed E-state index contributed by atoms with van der Waals surface area (Å²) in [7, 11) is -1.52. The highest BCUT2D eigenvalue weighted by molar-refractivity contribution is 7.91. The van der Waals surface area contributed by atoms with Gasteiger partial charge in [-0.15, -0.1) is 11.3 Å². The van der Waals surface area contributed by atoms with E-state index >= 15 is 0 Å². The first-order valence-electron chi connectivity index (χ1n) is 7.00. The summed E-state index contributed by atoms with van der Waals surface area (Å²) in [5.74, 6) is 0. The average Bonchev–Trinajstić information content (AvgIpc) is 3.07. The first kappa shape index (κ1) is 15.9. The predicted octanol–water partition coefficient (Wildman–Crippen LogP) is 1.23. The minimum Gasteiger partial charge on any atom is -0.315 e. The Bertz CT molecular complexity index is 521. The Morgan fingerprint density at radius 2 is 2.05 bits per heavy atom. The maximum Gasteiger partial charge on any atom is 0.250 e. The van der Waals surface area contributed by atoms with Gasteiger partial charge in [0.1, 0.15) is 4.21 Å². The Morgan fingerprint density at radius 3 is 2.70 bits per heavy atom. The molecule has 1 fully saturated rings. The van der Waals surface area contributed by atoms with Gasteiger partial charge in [-0.25, -0.2) is 13.1 Å². The number of nitrogens with one attached hydrogen (secondary N) is 2. The zero-order chi connectivity index (χ0) is 14.6. The molecule has 0 aromatic carbocycles. The van der Waals surface area contributed by atoms with Crippen molar-refractivity contribution in [3.63, 3.8) is 0 Å². The molecule has 5 nitrogen and oxygen atoms in total. The lowest BCUT2D eigenvalue weighted by Gasteiger charge is -2.23. The van der Waals surface area contributed by atoms with Crippen LogP contribution in [0.4, 0.5) is 0 Å². The average molecular weight is 317 g/mol. The van der Waals surface area contributed by atoms with Crippen LogP contribution in [0.15, 0.2) is 16.3 Å². The highest BCUT2D eigenvalue weighted by atomic mass is 32.2. The Kier molecular flexibility index (Phi) is 5.57. The van der Waals surface area contributed by atoms with Crippen LogP contribution in [0.25, 0.3) is 0 Å². The van der Waals surface area contributed by atoms with E-state index in [1.54, 1.807) is 6.07 Å². The maximum absolute atomic E-state index is 12.2. The van der Waals surface area contributed by atoms with Crippen LogP contribution in [0.3, 0.4) is 0 Å². The van der Waals surface area contributed by atoms with E-state index in [1.165, 1.54) is 24.2 Å². The number of thiophene rings is 1. The molecule has 0 amide bonds. The van der Waals surface area contributed by atoms with Crippen LogP contribution in [0.2, 0.25) is 0 Å². The lowest BCUT2D eigenvalue weighted by molar-refractivity contribution is 0.260. The normalized spacial score (nSPS) is 18.5. The Labute approximate surface area is 125 Å². The summed E-state index contributed by atoms with van der Waals surface area (Å²) in [4.78, 5) is 3.36. The van der Waals surface area contributed by atoms with Crippen LogP contribution >= 0.6 is 11.3 Å². The molecule has 2 N–H and O–H groups in total. The van der Waals surface area contributed by atoms with E-state index in [-0.39, 0.29) is 6.04 Å². The zero-order valence-electron chi connectivity index (χ0n) is 12.1. The van der Waals surface area contributed by atoms with Crippen LogP contribution in [0, 0.1) is 0 Å². The van der Waals surface area contributed by atoms with Gasteiger partial charge in [-0.1, -0.05) is 0 Å². The zero-order valence-corrected chi connectivity index (χ0v) is 13.7. The van der Waals surface area contributed by atoms with Crippen molar-refractivity contribution in [3.05, 3.63) is 17.0 Å². The van der Waals surface area contributed by atoms with Crippen molar-refractivity contribution in [2.45, 2.75) is 36.6 Å². The molecule has 1 aliphatic rings. The molecule has 1 saturated heterocycles. The SMILES string of the molecule is CNCc1ccc(S(=O)(=O)NCC(C)N2CCCC2)s1. The molecule has 1 atom stereocenters. The smallest absolute Gasteiger partial charge is 0.250 e. The highest BCUT2D eigenvalue weighted by Gasteiger charge is 2.21. The number of hydrogen-bond acceptors (Lipinski definition) is 5. The summed E-state index contributed by atoms with van der Waals surface area (Å²) >= 11 is 1.32. The van der Waals surface area contributed by atoms with E-state index in [1.807, 2.05) is 13.1 Å². The van der Waals surface area contributed by atoms with E-state index in [0.717, 1.165) is 18.0 Å². The minimum atomic E-state index is -3.37. The van der Waals surface area contributed by atoms with Crippen molar-refractivity contribution in [1.29, 1.82) is 0 Å². The Balaban J connectivity index is 1.92. The summed E-state index contributed by atoms with van der Waals surface area (Å²) < 4.78 is 27.6. The third kappa shape index (κ3) is 4.02. The topological polar surface area (TPSA) is 61.4 Å². The van der Waals surface area contributed by atoms with Crippen molar-refractivity contribution in [1.82, 2.24) is 14.9 Å². The first-order chi connectivity index (χ1) is 9.53. The molecular formula is C13H23N3O2S2. The number of likely N-dealkylation sites (tertiary alicyclic amines) is 1. The van der Waals surface area contributed by atoms with E-state index in [4.69, 9.17) is 0 Å². The number of rotatable bonds is 7. The summed E-state index contributed by atoms with van der Waals surface area (Å²) in [5, 5.41) is 3.02. The van der Waals surface area contributed by atoms with Gasteiger partial charge in [0.05, 0.1) is 0 Å². The second-order valence-corrected chi connectivity index (χ2v) is 8.36. The van der Waals surface area contributed by atoms with Gasteiger partial charge in [0.2, 0.25) is 10.0 Å². The van der Waals surface area contributed by atoms with Crippen molar-refractivity contribution < 1.29 is 8.42 Å². The van der Waals surface area contributed by atoms with Crippen LogP contribution in [-0.2, 0) is 16.6 Å². The molecular weight excluding hydrogens is 294 g/mol. The molecule has 1 aromatic rings. The Hall–Kier alpha value is -0.470. The van der Waals surface area contributed by atoms with Gasteiger partial charge in [0.15, 0.2) is 0 Å². The Morgan fingerprint density at radius 1 is 1.35 bits per heavy atom. The molecule has 0 bridgehead atoms. The molecule has 20 heavy (non-hydrogen) atoms. The molecule has 1 aliphatic heterocycles. The van der Waals surface area contributed by atoms with E-state index in [0.29, 0.717) is 17.3 Å². The summed E-state index contributed by atoms with van der Waals surface area (Å²) in [6.07, 6.45) is 2.44. The highest BCUT2D eigenvalue weighted by Crippen LogP contribution is 2.21. The molecule has 7 heteroatoms. The summed E-state index contributed by atoms with van der Waals surface area (Å²) in [6, 6.07) is 3.80. The van der Waals surface area contributed by atoms with Crippen LogP contribution in [0.5, 0.6) is 0 Å². The van der Waals surface area contributed by atoms with Gasteiger partial charge < -0.3 is 5.32 Å². The standard InChI is InChI=1S/C13H23N3O2S2/c1-11(16-7-3-4-8-16)9-15-20(17,18)13-6-5-12(19-13)10-14-2/h5-6,11,14-15H,3-4,7-10H2,1-2H3. The number of hydrogen-bond donors (Lipinski definition) is 2. The fourth-order valence-corrected chi connectivity index (χ4v) is 4.92.